The number of nitrogens with zero attached hydrogens (tertiary/aromatic N) is 2. The third kappa shape index (κ3) is 4.02. The average Bonchev–Trinajstić information content (AvgIpc) is 3.18. The minimum Gasteiger partial charge on any atom is -0.384 e. The molecule has 0 saturated heterocycles. The van der Waals surface area contributed by atoms with Gasteiger partial charge in [0, 0.05) is 41.0 Å². The molecule has 1 aliphatic rings. The van der Waals surface area contributed by atoms with Crippen molar-refractivity contribution in [1.29, 1.82) is 0 Å². The van der Waals surface area contributed by atoms with Crippen molar-refractivity contribution in [3.05, 3.63) is 71.3 Å². The van der Waals surface area contributed by atoms with Crippen LogP contribution in [0.3, 0.4) is 0 Å². The van der Waals surface area contributed by atoms with E-state index in [0.717, 1.165) is 47.1 Å². The van der Waals surface area contributed by atoms with Gasteiger partial charge in [0.05, 0.1) is 6.54 Å². The number of pyridine rings is 1. The van der Waals surface area contributed by atoms with E-state index in [4.69, 9.17) is 10.7 Å². The Balaban J connectivity index is 1.39. The van der Waals surface area contributed by atoms with Crippen molar-refractivity contribution < 1.29 is 0 Å². The van der Waals surface area contributed by atoms with E-state index in [1.54, 1.807) is 0 Å². The van der Waals surface area contributed by atoms with Gasteiger partial charge in [-0.15, -0.1) is 0 Å². The molecule has 5 N–H and O–H groups in total. The third-order valence-electron chi connectivity index (χ3n) is 5.58. The Kier molecular flexibility index (Phi) is 4.92. The summed E-state index contributed by atoms with van der Waals surface area (Å²) < 4.78 is 0. The molecule has 0 amide bonds. The minimum atomic E-state index is 0.482. The second-order valence-electron chi connectivity index (χ2n) is 8.19. The number of aryl methyl sites for hydroxylation is 1. The standard InChI is InChI=1S/C25H26N6/c1-15-3-5-17(6-4-15)13-27-14-18-7-8-21-19(9-18)10-22(30-21)20-11-23(26)31-25-24(20)29-16(2)12-28-25/h3-11,27,30H,12-14H2,1-2H3,(H3,26,28,31). The van der Waals surface area contributed by atoms with E-state index in [-0.39, 0.29) is 0 Å². The monoisotopic (exact) mass is 410 g/mol. The van der Waals surface area contributed by atoms with Crippen molar-refractivity contribution in [2.45, 2.75) is 26.9 Å². The highest BCUT2D eigenvalue weighted by Gasteiger charge is 2.18. The first-order chi connectivity index (χ1) is 15.0. The first kappa shape index (κ1) is 19.3. The van der Waals surface area contributed by atoms with Crippen LogP contribution >= 0.6 is 0 Å². The molecule has 0 saturated carbocycles. The molecule has 3 heterocycles. The van der Waals surface area contributed by atoms with Crippen LogP contribution in [0, 0.1) is 6.92 Å². The van der Waals surface area contributed by atoms with Crippen LogP contribution in [0.15, 0.2) is 59.6 Å². The zero-order valence-corrected chi connectivity index (χ0v) is 17.8. The highest BCUT2D eigenvalue weighted by Crippen LogP contribution is 2.39. The summed E-state index contributed by atoms with van der Waals surface area (Å²) in [5.41, 5.74) is 14.8. The van der Waals surface area contributed by atoms with Crippen molar-refractivity contribution in [3.63, 3.8) is 0 Å². The Morgan fingerprint density at radius 1 is 0.968 bits per heavy atom. The molecule has 156 valence electrons. The molecule has 0 radical (unpaired) electrons. The molecule has 4 aromatic rings. The van der Waals surface area contributed by atoms with Crippen molar-refractivity contribution in [1.82, 2.24) is 15.3 Å². The number of nitrogens with two attached hydrogens (primary N) is 1. The lowest BCUT2D eigenvalue weighted by molar-refractivity contribution is 0.694. The van der Waals surface area contributed by atoms with Gasteiger partial charge in [0.1, 0.15) is 11.5 Å². The SMILES string of the molecule is CC1=Nc2c(-c3cc4cc(CNCc5ccc(C)cc5)ccc4[nH]3)cc(N)nc2NC1. The number of rotatable bonds is 5. The van der Waals surface area contributed by atoms with Gasteiger partial charge >= 0.3 is 0 Å². The first-order valence-corrected chi connectivity index (χ1v) is 10.5. The van der Waals surface area contributed by atoms with Gasteiger partial charge in [-0.3, -0.25) is 4.99 Å². The van der Waals surface area contributed by atoms with Gasteiger partial charge in [-0.2, -0.15) is 0 Å². The zero-order valence-electron chi connectivity index (χ0n) is 17.8. The Hall–Kier alpha value is -3.64. The van der Waals surface area contributed by atoms with Crippen LogP contribution in [-0.4, -0.2) is 22.2 Å². The fraction of sp³-hybridized carbons (Fsp3) is 0.200. The van der Waals surface area contributed by atoms with Gasteiger partial charge in [-0.25, -0.2) is 4.98 Å². The molecule has 1 aliphatic heterocycles. The van der Waals surface area contributed by atoms with E-state index < -0.39 is 0 Å². The summed E-state index contributed by atoms with van der Waals surface area (Å²) in [6.45, 7) is 6.47. The molecule has 0 aliphatic carbocycles. The predicted molar refractivity (Wildman–Crippen MR) is 129 cm³/mol. The second-order valence-corrected chi connectivity index (χ2v) is 8.19. The number of hydrogen-bond donors (Lipinski definition) is 4. The Morgan fingerprint density at radius 3 is 2.58 bits per heavy atom. The van der Waals surface area contributed by atoms with E-state index in [1.807, 2.05) is 13.0 Å². The number of nitrogen functional groups attached to an aromatic ring is 1. The maximum absolute atomic E-state index is 6.06. The minimum absolute atomic E-state index is 0.482. The molecule has 0 spiro atoms. The van der Waals surface area contributed by atoms with Gasteiger partial charge in [0.25, 0.3) is 0 Å². The molecule has 5 rings (SSSR count). The Bertz CT molecular complexity index is 1280. The van der Waals surface area contributed by atoms with Gasteiger partial charge in [-0.05, 0) is 49.2 Å². The van der Waals surface area contributed by atoms with Crippen molar-refractivity contribution >= 4 is 33.9 Å². The van der Waals surface area contributed by atoms with Crippen molar-refractivity contribution in [2.24, 2.45) is 4.99 Å². The van der Waals surface area contributed by atoms with Crippen LogP contribution in [0.25, 0.3) is 22.2 Å². The highest BCUT2D eigenvalue weighted by atomic mass is 15.1. The average molecular weight is 411 g/mol. The normalized spacial score (nSPS) is 13.0. The maximum atomic E-state index is 6.06. The molecule has 6 nitrogen and oxygen atoms in total. The van der Waals surface area contributed by atoms with Crippen LogP contribution in [0.2, 0.25) is 0 Å². The number of nitrogens with one attached hydrogen (secondary N) is 3. The largest absolute Gasteiger partial charge is 0.384 e. The zero-order chi connectivity index (χ0) is 21.4. The molecule has 0 fully saturated rings. The van der Waals surface area contributed by atoms with Crippen molar-refractivity contribution in [2.75, 3.05) is 17.6 Å². The number of H-pyrrole nitrogens is 1. The highest BCUT2D eigenvalue weighted by molar-refractivity contribution is 5.99. The van der Waals surface area contributed by atoms with E-state index in [0.29, 0.717) is 12.4 Å². The number of fused-ring (bicyclic) bond motifs is 2. The van der Waals surface area contributed by atoms with Gasteiger partial charge in [0.15, 0.2) is 5.82 Å². The lowest BCUT2D eigenvalue weighted by atomic mass is 10.1. The second kappa shape index (κ2) is 7.89. The number of hydrogen-bond acceptors (Lipinski definition) is 5. The van der Waals surface area contributed by atoms with Gasteiger partial charge in [0.2, 0.25) is 0 Å². The third-order valence-corrected chi connectivity index (χ3v) is 5.58. The molecular weight excluding hydrogens is 384 g/mol. The van der Waals surface area contributed by atoms with E-state index in [9.17, 15) is 0 Å². The van der Waals surface area contributed by atoms with Gasteiger partial charge in [-0.1, -0.05) is 35.9 Å². The number of anilines is 2. The fourth-order valence-electron chi connectivity index (χ4n) is 3.94. The van der Waals surface area contributed by atoms with Crippen LogP contribution in [0.5, 0.6) is 0 Å². The molecular formula is C25H26N6. The number of aromatic amines is 1. The topological polar surface area (TPSA) is 91.1 Å². The van der Waals surface area contributed by atoms with E-state index >= 15 is 0 Å². The summed E-state index contributed by atoms with van der Waals surface area (Å²) in [5.74, 6) is 1.22. The number of aromatic nitrogens is 2. The Morgan fingerprint density at radius 2 is 1.74 bits per heavy atom. The quantitative estimate of drug-likeness (QED) is 0.375. The number of aliphatic imine (C=N–C) groups is 1. The smallest absolute Gasteiger partial charge is 0.155 e. The summed E-state index contributed by atoms with van der Waals surface area (Å²) >= 11 is 0. The molecule has 2 aromatic carbocycles. The molecule has 0 bridgehead atoms. The summed E-state index contributed by atoms with van der Waals surface area (Å²) in [4.78, 5) is 12.7. The molecule has 2 aromatic heterocycles. The summed E-state index contributed by atoms with van der Waals surface area (Å²) in [5, 5.41) is 8.00. The molecule has 0 atom stereocenters. The number of benzene rings is 2. The van der Waals surface area contributed by atoms with Crippen LogP contribution < -0.4 is 16.4 Å². The summed E-state index contributed by atoms with van der Waals surface area (Å²) in [6.07, 6.45) is 0. The summed E-state index contributed by atoms with van der Waals surface area (Å²) in [6, 6.07) is 19.2. The maximum Gasteiger partial charge on any atom is 0.155 e. The van der Waals surface area contributed by atoms with Crippen LogP contribution in [0.1, 0.15) is 23.6 Å². The predicted octanol–water partition coefficient (Wildman–Crippen LogP) is 4.93. The fourth-order valence-corrected chi connectivity index (χ4v) is 3.94. The lowest BCUT2D eigenvalue weighted by Gasteiger charge is -2.17. The van der Waals surface area contributed by atoms with Crippen LogP contribution in [-0.2, 0) is 13.1 Å². The van der Waals surface area contributed by atoms with Crippen LogP contribution in [0.4, 0.5) is 17.3 Å². The molecule has 0 unspecified atom stereocenters. The molecule has 6 heteroatoms. The van der Waals surface area contributed by atoms with E-state index in [2.05, 4.69) is 76.1 Å². The Labute approximate surface area is 181 Å². The van der Waals surface area contributed by atoms with Gasteiger partial charge < -0.3 is 21.4 Å². The lowest BCUT2D eigenvalue weighted by Crippen LogP contribution is -2.16. The van der Waals surface area contributed by atoms with Crippen molar-refractivity contribution in [3.8, 4) is 11.3 Å². The first-order valence-electron chi connectivity index (χ1n) is 10.5. The summed E-state index contributed by atoms with van der Waals surface area (Å²) in [7, 11) is 0. The molecule has 31 heavy (non-hydrogen) atoms. The van der Waals surface area contributed by atoms with E-state index in [1.165, 1.54) is 22.1 Å².